The van der Waals surface area contributed by atoms with E-state index in [1.807, 2.05) is 0 Å². The number of hydrogen-bond acceptors (Lipinski definition) is 3. The van der Waals surface area contributed by atoms with Crippen molar-refractivity contribution >= 4 is 17.9 Å². The maximum absolute atomic E-state index is 13.2. The van der Waals surface area contributed by atoms with Crippen LogP contribution in [0.2, 0.25) is 0 Å². The van der Waals surface area contributed by atoms with Gasteiger partial charge in [0.15, 0.2) is 0 Å². The van der Waals surface area contributed by atoms with E-state index in [1.54, 1.807) is 6.92 Å². The van der Waals surface area contributed by atoms with E-state index in [-0.39, 0.29) is 17.2 Å². The number of nitrogens with zero attached hydrogens (tertiary/aromatic N) is 1. The molecule has 0 spiro atoms. The molecule has 1 aliphatic heterocycles. The van der Waals surface area contributed by atoms with Crippen LogP contribution in [0.5, 0.6) is 0 Å². The minimum Gasteiger partial charge on any atom is -0.357 e. The molecule has 0 saturated carbocycles. The fourth-order valence-corrected chi connectivity index (χ4v) is 2.51. The van der Waals surface area contributed by atoms with Crippen molar-refractivity contribution < 1.29 is 22.8 Å². The molecule has 114 valence electrons. The van der Waals surface area contributed by atoms with Crippen LogP contribution in [-0.2, 0) is 11.0 Å². The molecule has 1 atom stereocenters. The summed E-state index contributed by atoms with van der Waals surface area (Å²) in [4.78, 5) is 24.0. The minimum atomic E-state index is -4.58. The van der Waals surface area contributed by atoms with Crippen LogP contribution in [0, 0.1) is 0 Å². The Hall–Kier alpha value is -2.05. The molecular weight excluding hydrogens is 285 g/mol. The molecule has 21 heavy (non-hydrogen) atoms. The van der Waals surface area contributed by atoms with Crippen LogP contribution in [0.4, 0.5) is 18.9 Å². The summed E-state index contributed by atoms with van der Waals surface area (Å²) >= 11 is 0. The number of nitrogens with one attached hydrogen (secondary N) is 1. The first-order chi connectivity index (χ1) is 9.88. The van der Waals surface area contributed by atoms with Gasteiger partial charge in [0.25, 0.3) is 0 Å². The molecule has 1 saturated heterocycles. The number of halogens is 3. The van der Waals surface area contributed by atoms with Crippen LogP contribution in [0.3, 0.4) is 0 Å². The summed E-state index contributed by atoms with van der Waals surface area (Å²) in [5.41, 5.74) is -0.990. The number of amides is 1. The molecule has 1 aromatic carbocycles. The van der Waals surface area contributed by atoms with E-state index in [2.05, 4.69) is 5.32 Å². The highest BCUT2D eigenvalue weighted by Gasteiger charge is 2.38. The number of aldehydes is 1. The van der Waals surface area contributed by atoms with Gasteiger partial charge in [0.05, 0.1) is 5.56 Å². The average molecular weight is 300 g/mol. The zero-order valence-corrected chi connectivity index (χ0v) is 11.4. The van der Waals surface area contributed by atoms with E-state index in [0.29, 0.717) is 25.8 Å². The molecule has 1 heterocycles. The predicted octanol–water partition coefficient (Wildman–Crippen LogP) is 2.23. The maximum atomic E-state index is 13.2. The van der Waals surface area contributed by atoms with Gasteiger partial charge in [-0.2, -0.15) is 13.2 Å². The Morgan fingerprint density at radius 1 is 1.43 bits per heavy atom. The van der Waals surface area contributed by atoms with Gasteiger partial charge in [0.1, 0.15) is 12.3 Å². The van der Waals surface area contributed by atoms with Gasteiger partial charge in [0.2, 0.25) is 5.91 Å². The van der Waals surface area contributed by atoms with Crippen molar-refractivity contribution in [1.82, 2.24) is 5.32 Å². The maximum Gasteiger partial charge on any atom is 0.418 e. The third-order valence-electron chi connectivity index (χ3n) is 3.49. The molecular formula is C14H15F3N2O2. The molecule has 1 N–H and O–H groups in total. The summed E-state index contributed by atoms with van der Waals surface area (Å²) in [5.74, 6) is -0.281. The van der Waals surface area contributed by atoms with Crippen molar-refractivity contribution in [1.29, 1.82) is 0 Å². The molecule has 1 amide bonds. The molecule has 0 aromatic heterocycles. The smallest absolute Gasteiger partial charge is 0.357 e. The first-order valence-electron chi connectivity index (χ1n) is 6.59. The normalized spacial score (nSPS) is 19.3. The number of carbonyl (C=O) groups excluding carboxylic acids is 2. The topological polar surface area (TPSA) is 49.4 Å². The SMILES string of the molecule is CCC1C(=O)NCCN1c1ccc(C=O)cc1C(F)(F)F. The Labute approximate surface area is 119 Å². The van der Waals surface area contributed by atoms with Crippen LogP contribution in [-0.4, -0.2) is 31.3 Å². The van der Waals surface area contributed by atoms with Crippen molar-refractivity contribution in [2.45, 2.75) is 25.6 Å². The molecule has 1 unspecified atom stereocenters. The van der Waals surface area contributed by atoms with Crippen molar-refractivity contribution in [2.75, 3.05) is 18.0 Å². The summed E-state index contributed by atoms with van der Waals surface area (Å²) in [6, 6.07) is 2.77. The van der Waals surface area contributed by atoms with E-state index in [9.17, 15) is 22.8 Å². The number of piperazine rings is 1. The summed E-state index contributed by atoms with van der Waals surface area (Å²) < 4.78 is 39.6. The fourth-order valence-electron chi connectivity index (χ4n) is 2.51. The number of benzene rings is 1. The lowest BCUT2D eigenvalue weighted by molar-refractivity contribution is -0.137. The van der Waals surface area contributed by atoms with E-state index in [0.717, 1.165) is 6.07 Å². The highest BCUT2D eigenvalue weighted by atomic mass is 19.4. The van der Waals surface area contributed by atoms with E-state index < -0.39 is 17.8 Å². The average Bonchev–Trinajstić information content (AvgIpc) is 2.45. The summed E-state index contributed by atoms with van der Waals surface area (Å²) in [6.45, 7) is 2.34. The molecule has 2 rings (SSSR count). The van der Waals surface area contributed by atoms with Gasteiger partial charge in [-0.3, -0.25) is 9.59 Å². The highest BCUT2D eigenvalue weighted by Crippen LogP contribution is 2.38. The minimum absolute atomic E-state index is 0.0411. The van der Waals surface area contributed by atoms with Crippen LogP contribution in [0.15, 0.2) is 18.2 Å². The van der Waals surface area contributed by atoms with E-state index in [4.69, 9.17) is 0 Å². The molecule has 7 heteroatoms. The van der Waals surface area contributed by atoms with Crippen LogP contribution in [0.1, 0.15) is 29.3 Å². The second kappa shape index (κ2) is 5.75. The third kappa shape index (κ3) is 3.01. The van der Waals surface area contributed by atoms with Crippen LogP contribution >= 0.6 is 0 Å². The van der Waals surface area contributed by atoms with E-state index >= 15 is 0 Å². The second-order valence-electron chi connectivity index (χ2n) is 4.80. The molecule has 0 radical (unpaired) electrons. The lowest BCUT2D eigenvalue weighted by Crippen LogP contribution is -2.55. The molecule has 1 aliphatic rings. The van der Waals surface area contributed by atoms with Gasteiger partial charge in [-0.15, -0.1) is 0 Å². The van der Waals surface area contributed by atoms with Gasteiger partial charge in [0, 0.05) is 24.3 Å². The van der Waals surface area contributed by atoms with Crippen molar-refractivity contribution in [3.63, 3.8) is 0 Å². The van der Waals surface area contributed by atoms with Gasteiger partial charge >= 0.3 is 6.18 Å². The summed E-state index contributed by atoms with van der Waals surface area (Å²) in [7, 11) is 0. The lowest BCUT2D eigenvalue weighted by Gasteiger charge is -2.37. The number of anilines is 1. The van der Waals surface area contributed by atoms with Gasteiger partial charge in [-0.05, 0) is 24.6 Å². The van der Waals surface area contributed by atoms with Gasteiger partial charge < -0.3 is 10.2 Å². The largest absolute Gasteiger partial charge is 0.418 e. The number of hydrogen-bond donors (Lipinski definition) is 1. The Morgan fingerprint density at radius 3 is 2.71 bits per heavy atom. The summed E-state index contributed by atoms with van der Waals surface area (Å²) in [6.07, 6.45) is -3.81. The summed E-state index contributed by atoms with van der Waals surface area (Å²) in [5, 5.41) is 2.65. The number of rotatable bonds is 3. The lowest BCUT2D eigenvalue weighted by atomic mass is 10.0. The van der Waals surface area contributed by atoms with Crippen molar-refractivity contribution in [2.24, 2.45) is 0 Å². The zero-order chi connectivity index (χ0) is 15.6. The third-order valence-corrected chi connectivity index (χ3v) is 3.49. The zero-order valence-electron chi connectivity index (χ0n) is 11.4. The van der Waals surface area contributed by atoms with Gasteiger partial charge in [-0.25, -0.2) is 0 Å². The molecule has 1 fully saturated rings. The molecule has 4 nitrogen and oxygen atoms in total. The Balaban J connectivity index is 2.51. The predicted molar refractivity (Wildman–Crippen MR) is 71.3 cm³/mol. The second-order valence-corrected chi connectivity index (χ2v) is 4.80. The number of alkyl halides is 3. The Bertz CT molecular complexity index is 558. The highest BCUT2D eigenvalue weighted by molar-refractivity contribution is 5.87. The van der Waals surface area contributed by atoms with Crippen LogP contribution < -0.4 is 10.2 Å². The molecule has 1 aromatic rings. The number of carbonyl (C=O) groups is 2. The standard InChI is InChI=1S/C14H15F3N2O2/c1-2-11-13(21)18-5-6-19(11)12-4-3-9(8-20)7-10(12)14(15,16)17/h3-4,7-8,11H,2,5-6H2,1H3,(H,18,21). The van der Waals surface area contributed by atoms with Crippen LogP contribution in [0.25, 0.3) is 0 Å². The quantitative estimate of drug-likeness (QED) is 0.871. The first kappa shape index (κ1) is 15.3. The first-order valence-corrected chi connectivity index (χ1v) is 6.59. The Morgan fingerprint density at radius 2 is 2.14 bits per heavy atom. The molecule has 0 aliphatic carbocycles. The van der Waals surface area contributed by atoms with E-state index in [1.165, 1.54) is 17.0 Å². The van der Waals surface area contributed by atoms with Gasteiger partial charge in [-0.1, -0.05) is 6.92 Å². The molecule has 0 bridgehead atoms. The monoisotopic (exact) mass is 300 g/mol. The Kier molecular flexibility index (Phi) is 4.20. The van der Waals surface area contributed by atoms with Crippen molar-refractivity contribution in [3.05, 3.63) is 29.3 Å². The van der Waals surface area contributed by atoms with Crippen molar-refractivity contribution in [3.8, 4) is 0 Å². The fraction of sp³-hybridized carbons (Fsp3) is 0.429.